The maximum Gasteiger partial charge on any atom is 0.362 e. The van der Waals surface area contributed by atoms with E-state index in [4.69, 9.17) is 4.42 Å². The number of hydrogen-bond acceptors (Lipinski definition) is 1. The van der Waals surface area contributed by atoms with E-state index in [2.05, 4.69) is 78.2 Å². The van der Waals surface area contributed by atoms with Gasteiger partial charge in [-0.3, -0.25) is 0 Å². The summed E-state index contributed by atoms with van der Waals surface area (Å²) in [5.74, 6) is 0.876. The monoisotopic (exact) mass is 365 g/mol. The minimum atomic E-state index is 0.876. The molecule has 0 amide bonds. The average Bonchev–Trinajstić information content (AvgIpc) is 2.74. The molecule has 0 saturated carbocycles. The van der Waals surface area contributed by atoms with Gasteiger partial charge in [-0.05, 0) is 46.4 Å². The zero-order valence-electron chi connectivity index (χ0n) is 14.6. The number of fused-ring (bicyclic) bond motifs is 2. The molecule has 2 heterocycles. The molecule has 0 saturated heterocycles. The van der Waals surface area contributed by atoms with Crippen LogP contribution in [0.3, 0.4) is 0 Å². The molecular formula is C25H17OS+. The molecule has 0 aliphatic carbocycles. The third kappa shape index (κ3) is 3.09. The molecule has 0 radical (unpaired) electrons. The summed E-state index contributed by atoms with van der Waals surface area (Å²) < 4.78 is 6.35. The molecule has 0 fully saturated rings. The molecule has 2 heteroatoms. The number of benzene rings is 3. The molecule has 0 spiro atoms. The quantitative estimate of drug-likeness (QED) is 0.340. The summed E-state index contributed by atoms with van der Waals surface area (Å²) in [6.07, 6.45) is 4.32. The van der Waals surface area contributed by atoms with Crippen molar-refractivity contribution >= 4 is 34.4 Å². The van der Waals surface area contributed by atoms with Crippen LogP contribution < -0.4 is 0 Å². The first kappa shape index (κ1) is 16.1. The summed E-state index contributed by atoms with van der Waals surface area (Å²) in [4.78, 5) is 1.27. The first-order valence-corrected chi connectivity index (χ1v) is 9.82. The van der Waals surface area contributed by atoms with Gasteiger partial charge in [0.05, 0.1) is 17.0 Å². The fraction of sp³-hybridized carbons (Fsp3) is 0. The van der Waals surface area contributed by atoms with Crippen LogP contribution in [-0.4, -0.2) is 0 Å². The Labute approximate surface area is 162 Å². The first-order chi connectivity index (χ1) is 13.4. The summed E-state index contributed by atoms with van der Waals surface area (Å²) in [5.41, 5.74) is 5.56. The molecule has 0 N–H and O–H groups in total. The predicted octanol–water partition coefficient (Wildman–Crippen LogP) is 7.54. The average molecular weight is 365 g/mol. The lowest BCUT2D eigenvalue weighted by molar-refractivity contribution is 0.594. The highest BCUT2D eigenvalue weighted by atomic mass is 32.2. The van der Waals surface area contributed by atoms with E-state index in [1.54, 1.807) is 11.8 Å². The topological polar surface area (TPSA) is 11.3 Å². The Balaban J connectivity index is 1.75. The van der Waals surface area contributed by atoms with Crippen molar-refractivity contribution in [2.24, 2.45) is 0 Å². The van der Waals surface area contributed by atoms with Crippen molar-refractivity contribution in [1.29, 1.82) is 0 Å². The standard InChI is InChI=1S/C25H17OS/c1-2-8-18(9-3-1)22-16-20-10-4-6-12-23(20)26-24(22)17-19-14-15-27-25-13-7-5-11-21(19)25/h1-17H/q+1. The van der Waals surface area contributed by atoms with Gasteiger partial charge < -0.3 is 0 Å². The van der Waals surface area contributed by atoms with E-state index < -0.39 is 0 Å². The van der Waals surface area contributed by atoms with Gasteiger partial charge in [-0.2, -0.15) is 0 Å². The maximum atomic E-state index is 6.35. The molecular weight excluding hydrogens is 348 g/mol. The number of allylic oxidation sites excluding steroid dienone is 2. The smallest absolute Gasteiger partial charge is 0.207 e. The van der Waals surface area contributed by atoms with Crippen LogP contribution >= 0.6 is 11.8 Å². The van der Waals surface area contributed by atoms with Crippen molar-refractivity contribution in [3.63, 3.8) is 0 Å². The Bertz CT molecular complexity index is 1190. The highest BCUT2D eigenvalue weighted by Crippen LogP contribution is 2.38. The third-order valence-corrected chi connectivity index (χ3v) is 5.60. The second-order valence-corrected chi connectivity index (χ2v) is 7.39. The minimum Gasteiger partial charge on any atom is -0.207 e. The zero-order chi connectivity index (χ0) is 18.1. The second kappa shape index (κ2) is 6.90. The molecule has 5 rings (SSSR count). The lowest BCUT2D eigenvalue weighted by atomic mass is 9.99. The van der Waals surface area contributed by atoms with Crippen molar-refractivity contribution in [2.45, 2.75) is 4.90 Å². The number of para-hydroxylation sites is 1. The van der Waals surface area contributed by atoms with Crippen LogP contribution in [0.1, 0.15) is 11.3 Å². The molecule has 4 aromatic rings. The van der Waals surface area contributed by atoms with E-state index >= 15 is 0 Å². The Kier molecular flexibility index (Phi) is 4.11. The van der Waals surface area contributed by atoms with Gasteiger partial charge in [-0.25, -0.2) is 4.42 Å². The second-order valence-electron chi connectivity index (χ2n) is 6.44. The molecule has 1 nitrogen and oxygen atoms in total. The van der Waals surface area contributed by atoms with Crippen molar-refractivity contribution in [3.8, 4) is 11.1 Å². The van der Waals surface area contributed by atoms with Crippen LogP contribution in [0.4, 0.5) is 0 Å². The number of hydrogen-bond donors (Lipinski definition) is 0. The summed E-state index contributed by atoms with van der Waals surface area (Å²) >= 11 is 1.75. The van der Waals surface area contributed by atoms with Crippen LogP contribution in [0.2, 0.25) is 0 Å². The van der Waals surface area contributed by atoms with E-state index in [1.807, 2.05) is 24.3 Å². The molecule has 1 aromatic heterocycles. The first-order valence-electron chi connectivity index (χ1n) is 8.94. The van der Waals surface area contributed by atoms with Gasteiger partial charge in [0, 0.05) is 11.0 Å². The summed E-state index contributed by atoms with van der Waals surface area (Å²) in [7, 11) is 0. The zero-order valence-corrected chi connectivity index (χ0v) is 15.4. The molecule has 27 heavy (non-hydrogen) atoms. The Morgan fingerprint density at radius 2 is 1.52 bits per heavy atom. The molecule has 128 valence electrons. The van der Waals surface area contributed by atoms with Crippen molar-refractivity contribution < 1.29 is 4.42 Å². The Morgan fingerprint density at radius 3 is 2.44 bits per heavy atom. The third-order valence-electron chi connectivity index (χ3n) is 4.72. The Morgan fingerprint density at radius 1 is 0.741 bits per heavy atom. The van der Waals surface area contributed by atoms with Gasteiger partial charge in [-0.15, -0.1) is 0 Å². The van der Waals surface area contributed by atoms with Crippen molar-refractivity contribution in [3.05, 3.63) is 108 Å². The van der Waals surface area contributed by atoms with Gasteiger partial charge in [-0.1, -0.05) is 72.4 Å². The van der Waals surface area contributed by atoms with Crippen LogP contribution in [0.5, 0.6) is 0 Å². The largest absolute Gasteiger partial charge is 0.362 e. The molecule has 0 bridgehead atoms. The molecule has 3 aromatic carbocycles. The van der Waals surface area contributed by atoms with Gasteiger partial charge in [0.25, 0.3) is 0 Å². The van der Waals surface area contributed by atoms with E-state index in [0.29, 0.717) is 0 Å². The fourth-order valence-electron chi connectivity index (χ4n) is 3.39. The summed E-state index contributed by atoms with van der Waals surface area (Å²) in [5, 5.41) is 3.24. The molecule has 1 aliphatic heterocycles. The molecule has 0 atom stereocenters. The van der Waals surface area contributed by atoms with Crippen molar-refractivity contribution in [2.75, 3.05) is 0 Å². The summed E-state index contributed by atoms with van der Waals surface area (Å²) in [6, 6.07) is 29.3. The van der Waals surface area contributed by atoms with Crippen LogP contribution in [0, 0.1) is 0 Å². The predicted molar refractivity (Wildman–Crippen MR) is 115 cm³/mol. The van der Waals surface area contributed by atoms with Gasteiger partial charge in [0.2, 0.25) is 0 Å². The van der Waals surface area contributed by atoms with Crippen LogP contribution in [0.15, 0.2) is 106 Å². The van der Waals surface area contributed by atoms with E-state index in [1.165, 1.54) is 16.0 Å². The highest BCUT2D eigenvalue weighted by Gasteiger charge is 2.20. The SMILES string of the molecule is C1=CC(=Cc2[o+]c3ccccc3cc2-c2ccccc2)c2ccccc2S1. The fourth-order valence-corrected chi connectivity index (χ4v) is 4.22. The molecule has 0 unspecified atom stereocenters. The van der Waals surface area contributed by atoms with Gasteiger partial charge in [0.1, 0.15) is 0 Å². The van der Waals surface area contributed by atoms with Gasteiger partial charge in [0.15, 0.2) is 0 Å². The normalized spacial score (nSPS) is 14.4. The molecule has 1 aliphatic rings. The van der Waals surface area contributed by atoms with E-state index in [9.17, 15) is 0 Å². The van der Waals surface area contributed by atoms with Crippen molar-refractivity contribution in [1.82, 2.24) is 0 Å². The maximum absolute atomic E-state index is 6.35. The lowest BCUT2D eigenvalue weighted by Crippen LogP contribution is -1.91. The van der Waals surface area contributed by atoms with Crippen LogP contribution in [-0.2, 0) is 0 Å². The van der Waals surface area contributed by atoms with E-state index in [-0.39, 0.29) is 0 Å². The number of rotatable bonds is 2. The number of thioether (sulfide) groups is 1. The van der Waals surface area contributed by atoms with E-state index in [0.717, 1.165) is 27.9 Å². The minimum absolute atomic E-state index is 0.876. The highest BCUT2D eigenvalue weighted by molar-refractivity contribution is 8.02. The van der Waals surface area contributed by atoms with Gasteiger partial charge >= 0.3 is 11.3 Å². The Hall–Kier alpha value is -3.10. The summed E-state index contributed by atoms with van der Waals surface area (Å²) in [6.45, 7) is 0. The van der Waals surface area contributed by atoms with Crippen LogP contribution in [0.25, 0.3) is 33.7 Å². The lowest BCUT2D eigenvalue weighted by Gasteiger charge is -2.12.